The Morgan fingerprint density at radius 3 is 2.90 bits per heavy atom. The third-order valence-corrected chi connectivity index (χ3v) is 4.92. The number of nitrogens with zero attached hydrogens (tertiary/aromatic N) is 2. The molecule has 2 aliphatic heterocycles. The molecule has 1 fully saturated rings. The summed E-state index contributed by atoms with van der Waals surface area (Å²) in [4.78, 5) is 29.4. The Morgan fingerprint density at radius 1 is 1.47 bits per heavy atom. The van der Waals surface area contributed by atoms with E-state index in [1.807, 2.05) is 0 Å². The lowest BCUT2D eigenvalue weighted by molar-refractivity contribution is -0.116. The number of amides is 1. The summed E-state index contributed by atoms with van der Waals surface area (Å²) in [5.41, 5.74) is 0.0382. The quantitative estimate of drug-likeness (QED) is 0.346. The molecule has 11 heteroatoms. The van der Waals surface area contributed by atoms with Gasteiger partial charge in [0, 0.05) is 39.2 Å². The Kier molecular flexibility index (Phi) is 6.91. The lowest BCUT2D eigenvalue weighted by Gasteiger charge is -2.25. The van der Waals surface area contributed by atoms with Crippen molar-refractivity contribution in [1.29, 1.82) is 5.41 Å². The number of aliphatic imine (C=N–C) groups is 1. The molecule has 0 radical (unpaired) electrons. The zero-order chi connectivity index (χ0) is 21.7. The minimum absolute atomic E-state index is 0.0421. The lowest BCUT2D eigenvalue weighted by Crippen LogP contribution is -2.35. The van der Waals surface area contributed by atoms with Crippen molar-refractivity contribution in [2.45, 2.75) is 18.9 Å². The van der Waals surface area contributed by atoms with Crippen molar-refractivity contribution in [3.8, 4) is 0 Å². The molecule has 1 amide bonds. The standard InChI is InChI=1S/C19H24ClN7O3/c1-22-15-7-16(26-17(25-15)13(8-21)18(28)23-2)24-14-6-11(20)9-27(19(14)29)12-4-3-5-30-10-12/h6-9,12,21-22,25H,3-5,10H2,1-2H3,(H,23,28)(H,24,26)/b17-13-,21-8?. The van der Waals surface area contributed by atoms with Crippen molar-refractivity contribution in [3.63, 3.8) is 0 Å². The van der Waals surface area contributed by atoms with Gasteiger partial charge < -0.3 is 36.0 Å². The Labute approximate surface area is 178 Å². The second-order valence-corrected chi connectivity index (χ2v) is 7.13. The zero-order valence-corrected chi connectivity index (χ0v) is 17.5. The number of rotatable bonds is 5. The summed E-state index contributed by atoms with van der Waals surface area (Å²) >= 11 is 6.26. The summed E-state index contributed by atoms with van der Waals surface area (Å²) in [6.45, 7) is 1.14. The third-order valence-electron chi connectivity index (χ3n) is 4.71. The van der Waals surface area contributed by atoms with Crippen molar-refractivity contribution in [2.24, 2.45) is 4.99 Å². The van der Waals surface area contributed by atoms with E-state index >= 15 is 0 Å². The fraction of sp³-hybridized carbons (Fsp3) is 0.368. The van der Waals surface area contributed by atoms with Crippen LogP contribution >= 0.6 is 11.6 Å². The minimum atomic E-state index is -0.463. The molecule has 1 atom stereocenters. The van der Waals surface area contributed by atoms with Gasteiger partial charge in [0.2, 0.25) is 0 Å². The zero-order valence-electron chi connectivity index (χ0n) is 16.7. The first-order valence-electron chi connectivity index (χ1n) is 9.45. The maximum Gasteiger partial charge on any atom is 0.274 e. The number of carbonyl (C=O) groups is 1. The normalized spacial score (nSPS) is 20.3. The first kappa shape index (κ1) is 21.6. The summed E-state index contributed by atoms with van der Waals surface area (Å²) in [7, 11) is 3.16. The molecule has 1 saturated heterocycles. The number of hydrogen-bond acceptors (Lipinski definition) is 8. The summed E-state index contributed by atoms with van der Waals surface area (Å²) in [6, 6.07) is 1.44. The van der Waals surface area contributed by atoms with Crippen LogP contribution in [0.5, 0.6) is 0 Å². The van der Waals surface area contributed by atoms with Gasteiger partial charge in [0.25, 0.3) is 11.5 Å². The second kappa shape index (κ2) is 9.59. The van der Waals surface area contributed by atoms with Gasteiger partial charge in [0.1, 0.15) is 23.2 Å². The molecule has 0 bridgehead atoms. The summed E-state index contributed by atoms with van der Waals surface area (Å²) in [6.07, 6.45) is 5.87. The van der Waals surface area contributed by atoms with Gasteiger partial charge in [-0.3, -0.25) is 9.59 Å². The molecule has 5 N–H and O–H groups in total. The first-order valence-corrected chi connectivity index (χ1v) is 9.83. The smallest absolute Gasteiger partial charge is 0.274 e. The number of nitrogens with one attached hydrogen (secondary N) is 5. The fourth-order valence-corrected chi connectivity index (χ4v) is 3.41. The van der Waals surface area contributed by atoms with E-state index < -0.39 is 5.91 Å². The number of amidine groups is 1. The molecule has 1 unspecified atom stereocenters. The van der Waals surface area contributed by atoms with Gasteiger partial charge in [-0.1, -0.05) is 11.6 Å². The molecule has 2 aliphatic rings. The third kappa shape index (κ3) is 4.71. The van der Waals surface area contributed by atoms with Crippen LogP contribution in [-0.2, 0) is 9.53 Å². The molecule has 1 aromatic rings. The summed E-state index contributed by atoms with van der Waals surface area (Å²) in [5.74, 6) is 0.549. The molecule has 0 saturated carbocycles. The van der Waals surface area contributed by atoms with Crippen molar-refractivity contribution in [1.82, 2.24) is 20.5 Å². The second-order valence-electron chi connectivity index (χ2n) is 6.70. The number of hydrogen-bond donors (Lipinski definition) is 5. The highest BCUT2D eigenvalue weighted by atomic mass is 35.5. The molecule has 160 valence electrons. The van der Waals surface area contributed by atoms with Crippen LogP contribution in [0, 0.1) is 5.41 Å². The van der Waals surface area contributed by atoms with Crippen LogP contribution in [0.4, 0.5) is 5.69 Å². The lowest BCUT2D eigenvalue weighted by atomic mass is 10.1. The van der Waals surface area contributed by atoms with Gasteiger partial charge >= 0.3 is 0 Å². The van der Waals surface area contributed by atoms with Crippen molar-refractivity contribution >= 4 is 35.2 Å². The molecule has 10 nitrogen and oxygen atoms in total. The van der Waals surface area contributed by atoms with Crippen LogP contribution in [0.1, 0.15) is 18.9 Å². The van der Waals surface area contributed by atoms with Gasteiger partial charge in [-0.05, 0) is 18.9 Å². The average Bonchev–Trinajstić information content (AvgIpc) is 2.76. The van der Waals surface area contributed by atoms with E-state index in [-0.39, 0.29) is 28.7 Å². The fourth-order valence-electron chi connectivity index (χ4n) is 3.19. The van der Waals surface area contributed by atoms with Gasteiger partial charge in [0.15, 0.2) is 0 Å². The van der Waals surface area contributed by atoms with Gasteiger partial charge in [0.05, 0.1) is 23.2 Å². The molecule has 30 heavy (non-hydrogen) atoms. The maximum atomic E-state index is 13.0. The Balaban J connectivity index is 1.99. The predicted molar refractivity (Wildman–Crippen MR) is 116 cm³/mol. The van der Waals surface area contributed by atoms with E-state index in [0.717, 1.165) is 19.1 Å². The van der Waals surface area contributed by atoms with Crippen molar-refractivity contribution in [2.75, 3.05) is 32.6 Å². The van der Waals surface area contributed by atoms with Gasteiger partial charge in [-0.25, -0.2) is 4.99 Å². The number of ether oxygens (including phenoxy) is 1. The highest BCUT2D eigenvalue weighted by Gasteiger charge is 2.21. The first-order chi connectivity index (χ1) is 14.5. The summed E-state index contributed by atoms with van der Waals surface area (Å²) < 4.78 is 7.08. The Bertz CT molecular complexity index is 990. The molecular weight excluding hydrogens is 410 g/mol. The average molecular weight is 434 g/mol. The van der Waals surface area contributed by atoms with E-state index in [2.05, 4.69) is 26.3 Å². The molecule has 1 aromatic heterocycles. The van der Waals surface area contributed by atoms with Crippen LogP contribution in [0.25, 0.3) is 0 Å². The molecule has 0 aromatic carbocycles. The highest BCUT2D eigenvalue weighted by Crippen LogP contribution is 2.21. The topological polar surface area (TPSA) is 133 Å². The van der Waals surface area contributed by atoms with Crippen LogP contribution in [0.2, 0.25) is 5.02 Å². The van der Waals surface area contributed by atoms with E-state index in [1.54, 1.807) is 23.9 Å². The molecule has 3 rings (SSSR count). The molecule has 0 aliphatic carbocycles. The van der Waals surface area contributed by atoms with E-state index in [9.17, 15) is 9.59 Å². The number of likely N-dealkylation sites (N-methyl/N-ethyl adjacent to an activating group) is 1. The van der Waals surface area contributed by atoms with Gasteiger partial charge in [-0.2, -0.15) is 0 Å². The van der Waals surface area contributed by atoms with E-state index in [4.69, 9.17) is 21.7 Å². The monoisotopic (exact) mass is 433 g/mol. The maximum absolute atomic E-state index is 13.0. The van der Waals surface area contributed by atoms with Crippen LogP contribution in [0.15, 0.2) is 45.3 Å². The Hall–Kier alpha value is -3.11. The highest BCUT2D eigenvalue weighted by molar-refractivity contribution is 6.30. The molecular formula is C19H24ClN7O3. The van der Waals surface area contributed by atoms with Crippen molar-refractivity contribution in [3.05, 3.63) is 50.9 Å². The number of pyridine rings is 1. The Morgan fingerprint density at radius 2 is 2.27 bits per heavy atom. The van der Waals surface area contributed by atoms with Crippen LogP contribution in [0.3, 0.4) is 0 Å². The van der Waals surface area contributed by atoms with E-state index in [0.29, 0.717) is 29.9 Å². The largest absolute Gasteiger partial charge is 0.379 e. The number of anilines is 1. The van der Waals surface area contributed by atoms with E-state index in [1.165, 1.54) is 13.1 Å². The molecule has 3 heterocycles. The summed E-state index contributed by atoms with van der Waals surface area (Å²) in [5, 5.41) is 19.3. The van der Waals surface area contributed by atoms with Crippen molar-refractivity contribution < 1.29 is 9.53 Å². The van der Waals surface area contributed by atoms with Crippen LogP contribution in [-0.4, -0.2) is 49.8 Å². The minimum Gasteiger partial charge on any atom is -0.379 e. The number of carbonyl (C=O) groups excluding carboxylic acids is 1. The van der Waals surface area contributed by atoms with Crippen LogP contribution < -0.4 is 26.8 Å². The van der Waals surface area contributed by atoms with Gasteiger partial charge in [-0.15, -0.1) is 0 Å². The number of aromatic nitrogens is 1. The number of halogens is 1. The SMILES string of the molecule is CNC(=O)/C(C=N)=C1\N=C(Nc2cc(Cl)cn(C3CCCOC3)c2=O)C=C(NC)N1. The molecule has 0 spiro atoms. The predicted octanol–water partition coefficient (Wildman–Crippen LogP) is 0.935.